The molecular weight excluding hydrogens is 444 g/mol. The van der Waals surface area contributed by atoms with Crippen LogP contribution in [-0.2, 0) is 14.8 Å². The summed E-state index contributed by atoms with van der Waals surface area (Å²) in [7, 11) is -3.65. The van der Waals surface area contributed by atoms with Crippen molar-refractivity contribution in [2.45, 2.75) is 24.8 Å². The standard InChI is InChI=1S/C17H18BrClN2O4S/c1-11(2)21-26(23,24)14-6-7-16(15(19)9-14)25-10-17(22)20-13-5-3-4-12(18)8-13/h3-9,11,21H,10H2,1-2H3,(H,20,22). The van der Waals surface area contributed by atoms with Crippen LogP contribution in [0.15, 0.2) is 51.8 Å². The minimum absolute atomic E-state index is 0.0298. The van der Waals surface area contributed by atoms with Crippen molar-refractivity contribution in [3.63, 3.8) is 0 Å². The number of nitrogens with one attached hydrogen (secondary N) is 2. The highest BCUT2D eigenvalue weighted by Gasteiger charge is 2.17. The third kappa shape index (κ3) is 5.98. The van der Waals surface area contributed by atoms with Gasteiger partial charge in [-0.15, -0.1) is 0 Å². The van der Waals surface area contributed by atoms with Gasteiger partial charge in [0.05, 0.1) is 9.92 Å². The molecule has 0 spiro atoms. The summed E-state index contributed by atoms with van der Waals surface area (Å²) in [5.74, 6) is -0.142. The molecule has 2 aromatic rings. The minimum atomic E-state index is -3.65. The second-order valence-electron chi connectivity index (χ2n) is 5.72. The molecule has 26 heavy (non-hydrogen) atoms. The van der Waals surface area contributed by atoms with Gasteiger partial charge >= 0.3 is 0 Å². The highest BCUT2D eigenvalue weighted by Crippen LogP contribution is 2.27. The SMILES string of the molecule is CC(C)NS(=O)(=O)c1ccc(OCC(=O)Nc2cccc(Br)c2)c(Cl)c1. The third-order valence-corrected chi connectivity index (χ3v) is 5.52. The Morgan fingerprint density at radius 1 is 1.23 bits per heavy atom. The summed E-state index contributed by atoms with van der Waals surface area (Å²) in [5, 5.41) is 2.79. The molecule has 0 saturated carbocycles. The zero-order valence-corrected chi connectivity index (χ0v) is 17.3. The first-order valence-electron chi connectivity index (χ1n) is 7.67. The molecule has 0 radical (unpaired) electrons. The molecule has 0 unspecified atom stereocenters. The number of hydrogen-bond acceptors (Lipinski definition) is 4. The highest BCUT2D eigenvalue weighted by atomic mass is 79.9. The molecule has 0 aliphatic rings. The number of halogens is 2. The normalized spacial score (nSPS) is 11.4. The molecule has 1 amide bonds. The molecule has 0 bridgehead atoms. The predicted molar refractivity (Wildman–Crippen MR) is 105 cm³/mol. The molecule has 0 aliphatic carbocycles. The van der Waals surface area contributed by atoms with E-state index in [0.717, 1.165) is 4.47 Å². The van der Waals surface area contributed by atoms with Gasteiger partial charge < -0.3 is 10.1 Å². The summed E-state index contributed by atoms with van der Waals surface area (Å²) in [6.45, 7) is 3.18. The zero-order chi connectivity index (χ0) is 19.3. The van der Waals surface area contributed by atoms with E-state index in [1.54, 1.807) is 32.0 Å². The second kappa shape index (κ2) is 8.85. The van der Waals surface area contributed by atoms with E-state index in [-0.39, 0.29) is 34.2 Å². The van der Waals surface area contributed by atoms with E-state index in [9.17, 15) is 13.2 Å². The molecule has 140 valence electrons. The Morgan fingerprint density at radius 3 is 2.58 bits per heavy atom. The van der Waals surface area contributed by atoms with Gasteiger partial charge in [-0.3, -0.25) is 4.79 Å². The fourth-order valence-electron chi connectivity index (χ4n) is 2.05. The Bertz CT molecular complexity index is 903. The van der Waals surface area contributed by atoms with Crippen LogP contribution in [0.25, 0.3) is 0 Å². The minimum Gasteiger partial charge on any atom is -0.482 e. The van der Waals surface area contributed by atoms with Crippen molar-refractivity contribution >= 4 is 49.1 Å². The lowest BCUT2D eigenvalue weighted by Gasteiger charge is -2.12. The van der Waals surface area contributed by atoms with E-state index in [1.807, 2.05) is 6.07 Å². The molecule has 2 N–H and O–H groups in total. The van der Waals surface area contributed by atoms with Crippen LogP contribution in [0, 0.1) is 0 Å². The number of hydrogen-bond donors (Lipinski definition) is 2. The highest BCUT2D eigenvalue weighted by molar-refractivity contribution is 9.10. The number of carbonyl (C=O) groups excluding carboxylic acids is 1. The monoisotopic (exact) mass is 460 g/mol. The number of benzene rings is 2. The summed E-state index contributed by atoms with van der Waals surface area (Å²) >= 11 is 9.40. The Hall–Kier alpha value is -1.61. The molecule has 2 rings (SSSR count). The molecule has 0 atom stereocenters. The summed E-state index contributed by atoms with van der Waals surface area (Å²) in [4.78, 5) is 12.0. The summed E-state index contributed by atoms with van der Waals surface area (Å²) < 4.78 is 32.9. The molecule has 0 heterocycles. The number of sulfonamides is 1. The molecule has 0 fully saturated rings. The van der Waals surface area contributed by atoms with Crippen molar-refractivity contribution in [1.29, 1.82) is 0 Å². The average Bonchev–Trinajstić information content (AvgIpc) is 2.52. The molecule has 2 aromatic carbocycles. The molecule has 0 saturated heterocycles. The lowest BCUT2D eigenvalue weighted by atomic mass is 10.3. The van der Waals surface area contributed by atoms with Gasteiger partial charge in [-0.25, -0.2) is 13.1 Å². The zero-order valence-electron chi connectivity index (χ0n) is 14.1. The summed E-state index contributed by atoms with van der Waals surface area (Å²) in [6.07, 6.45) is 0. The van der Waals surface area contributed by atoms with Crippen LogP contribution in [-0.4, -0.2) is 27.0 Å². The van der Waals surface area contributed by atoms with Gasteiger partial charge in [0.25, 0.3) is 5.91 Å². The fourth-order valence-corrected chi connectivity index (χ4v) is 4.03. The fraction of sp³-hybridized carbons (Fsp3) is 0.235. The molecule has 6 nitrogen and oxygen atoms in total. The van der Waals surface area contributed by atoms with Crippen molar-refractivity contribution in [2.75, 3.05) is 11.9 Å². The van der Waals surface area contributed by atoms with Crippen LogP contribution in [0.5, 0.6) is 5.75 Å². The maximum atomic E-state index is 12.1. The largest absolute Gasteiger partial charge is 0.482 e. The first-order valence-corrected chi connectivity index (χ1v) is 10.3. The van der Waals surface area contributed by atoms with Gasteiger partial charge in [0, 0.05) is 16.2 Å². The number of ether oxygens (including phenoxy) is 1. The van der Waals surface area contributed by atoms with Gasteiger partial charge in [-0.2, -0.15) is 0 Å². The summed E-state index contributed by atoms with van der Waals surface area (Å²) in [5.41, 5.74) is 0.625. The van der Waals surface area contributed by atoms with Crippen LogP contribution in [0.1, 0.15) is 13.8 Å². The van der Waals surface area contributed by atoms with Gasteiger partial charge in [0.1, 0.15) is 5.75 Å². The van der Waals surface area contributed by atoms with E-state index in [4.69, 9.17) is 16.3 Å². The number of amides is 1. The topological polar surface area (TPSA) is 84.5 Å². The van der Waals surface area contributed by atoms with Crippen molar-refractivity contribution in [3.8, 4) is 5.75 Å². The van der Waals surface area contributed by atoms with Gasteiger partial charge in [-0.1, -0.05) is 33.6 Å². The molecular formula is C17H18BrClN2O4S. The van der Waals surface area contributed by atoms with Gasteiger partial charge in [0.2, 0.25) is 10.0 Å². The average molecular weight is 462 g/mol. The third-order valence-electron chi connectivity index (χ3n) is 3.07. The van der Waals surface area contributed by atoms with Crippen LogP contribution in [0.3, 0.4) is 0 Å². The number of anilines is 1. The quantitative estimate of drug-likeness (QED) is 0.657. The van der Waals surface area contributed by atoms with Gasteiger partial charge in [0.15, 0.2) is 6.61 Å². The van der Waals surface area contributed by atoms with E-state index < -0.39 is 10.0 Å². The van der Waals surface area contributed by atoms with Crippen LogP contribution in [0.4, 0.5) is 5.69 Å². The van der Waals surface area contributed by atoms with E-state index in [1.165, 1.54) is 18.2 Å². The number of rotatable bonds is 7. The Labute approximate surface area is 166 Å². The lowest BCUT2D eigenvalue weighted by Crippen LogP contribution is -2.30. The van der Waals surface area contributed by atoms with E-state index in [2.05, 4.69) is 26.0 Å². The maximum absolute atomic E-state index is 12.1. The van der Waals surface area contributed by atoms with Crippen LogP contribution < -0.4 is 14.8 Å². The van der Waals surface area contributed by atoms with Crippen LogP contribution >= 0.6 is 27.5 Å². The van der Waals surface area contributed by atoms with E-state index in [0.29, 0.717) is 5.69 Å². The number of carbonyl (C=O) groups is 1. The first kappa shape index (κ1) is 20.7. The second-order valence-corrected chi connectivity index (χ2v) is 8.75. The molecule has 0 aliphatic heterocycles. The lowest BCUT2D eigenvalue weighted by molar-refractivity contribution is -0.118. The maximum Gasteiger partial charge on any atom is 0.262 e. The Kier molecular flexibility index (Phi) is 7.05. The first-order chi connectivity index (χ1) is 12.2. The van der Waals surface area contributed by atoms with Crippen molar-refractivity contribution in [1.82, 2.24) is 4.72 Å². The van der Waals surface area contributed by atoms with Crippen molar-refractivity contribution < 1.29 is 17.9 Å². The molecule has 9 heteroatoms. The van der Waals surface area contributed by atoms with Crippen molar-refractivity contribution in [2.24, 2.45) is 0 Å². The van der Waals surface area contributed by atoms with E-state index >= 15 is 0 Å². The van der Waals surface area contributed by atoms with Crippen LogP contribution in [0.2, 0.25) is 5.02 Å². The van der Waals surface area contributed by atoms with Crippen molar-refractivity contribution in [3.05, 3.63) is 52.0 Å². The Morgan fingerprint density at radius 2 is 1.96 bits per heavy atom. The smallest absolute Gasteiger partial charge is 0.262 e. The molecule has 0 aromatic heterocycles. The van der Waals surface area contributed by atoms with Gasteiger partial charge in [-0.05, 0) is 50.2 Å². The summed E-state index contributed by atoms with van der Waals surface area (Å²) in [6, 6.07) is 11.0. The Balaban J connectivity index is 2.01. The predicted octanol–water partition coefficient (Wildman–Crippen LogP) is 3.81.